The number of furan rings is 1. The lowest BCUT2D eigenvalue weighted by Crippen LogP contribution is -2.22. The van der Waals surface area contributed by atoms with Gasteiger partial charge in [-0.3, -0.25) is 9.78 Å². The summed E-state index contributed by atoms with van der Waals surface area (Å²) in [7, 11) is -3.58. The van der Waals surface area contributed by atoms with Crippen molar-refractivity contribution in [2.45, 2.75) is 23.3 Å². The van der Waals surface area contributed by atoms with E-state index in [-0.39, 0.29) is 23.1 Å². The third-order valence-electron chi connectivity index (χ3n) is 4.62. The summed E-state index contributed by atoms with van der Waals surface area (Å²) in [6, 6.07) is 16.8. The molecule has 1 amide bonds. The summed E-state index contributed by atoms with van der Waals surface area (Å²) in [5, 5.41) is 3.57. The Labute approximate surface area is 168 Å². The van der Waals surface area contributed by atoms with Crippen LogP contribution in [0, 0.1) is 6.92 Å². The van der Waals surface area contributed by atoms with Crippen molar-refractivity contribution >= 4 is 26.7 Å². The molecule has 2 heterocycles. The molecule has 0 aliphatic carbocycles. The number of sulfone groups is 1. The lowest BCUT2D eigenvalue weighted by molar-refractivity contribution is 0.0925. The molecule has 0 atom stereocenters. The van der Waals surface area contributed by atoms with Crippen LogP contribution in [0.3, 0.4) is 0 Å². The van der Waals surface area contributed by atoms with Gasteiger partial charge in [0, 0.05) is 18.1 Å². The summed E-state index contributed by atoms with van der Waals surface area (Å²) in [6.07, 6.45) is 3.19. The second-order valence-corrected chi connectivity index (χ2v) is 8.54. The molecule has 4 aromatic rings. The fraction of sp³-hybridized carbons (Fsp3) is 0.0909. The van der Waals surface area contributed by atoms with Gasteiger partial charge in [0.1, 0.15) is 0 Å². The van der Waals surface area contributed by atoms with Gasteiger partial charge in [-0.05, 0) is 48.4 Å². The van der Waals surface area contributed by atoms with Gasteiger partial charge in [-0.25, -0.2) is 8.42 Å². The zero-order valence-electron chi connectivity index (χ0n) is 15.6. The molecule has 2 aromatic carbocycles. The van der Waals surface area contributed by atoms with E-state index in [1.807, 2.05) is 0 Å². The number of nitrogens with one attached hydrogen (secondary N) is 1. The molecule has 0 saturated heterocycles. The number of aromatic nitrogens is 1. The largest absolute Gasteiger partial charge is 0.449 e. The second-order valence-electron chi connectivity index (χ2n) is 6.62. The monoisotopic (exact) mass is 406 g/mol. The Morgan fingerprint density at radius 1 is 1.07 bits per heavy atom. The average Bonchev–Trinajstić information content (AvgIpc) is 3.17. The Morgan fingerprint density at radius 2 is 1.83 bits per heavy atom. The van der Waals surface area contributed by atoms with Crippen molar-refractivity contribution in [1.82, 2.24) is 10.3 Å². The van der Waals surface area contributed by atoms with E-state index in [1.54, 1.807) is 80.0 Å². The van der Waals surface area contributed by atoms with Gasteiger partial charge in [0.2, 0.25) is 9.84 Å². The number of carbonyl (C=O) groups excluding carboxylic acids is 1. The van der Waals surface area contributed by atoms with E-state index in [0.717, 1.165) is 10.9 Å². The predicted octanol–water partition coefficient (Wildman–Crippen LogP) is 3.90. The molecule has 2 aromatic heterocycles. The predicted molar refractivity (Wildman–Crippen MR) is 108 cm³/mol. The fourth-order valence-electron chi connectivity index (χ4n) is 3.04. The first-order valence-corrected chi connectivity index (χ1v) is 10.4. The average molecular weight is 406 g/mol. The molecule has 0 aliphatic heterocycles. The SMILES string of the molecule is Cc1ccccc1S(=O)(=O)c1ccc(CNC(=O)c2cc3ccncc3o2)cc1. The van der Waals surface area contributed by atoms with Crippen LogP contribution >= 0.6 is 0 Å². The Bertz CT molecular complexity index is 1260. The summed E-state index contributed by atoms with van der Waals surface area (Å²) in [4.78, 5) is 16.8. The minimum atomic E-state index is -3.58. The lowest BCUT2D eigenvalue weighted by atomic mass is 10.2. The Morgan fingerprint density at radius 3 is 2.55 bits per heavy atom. The van der Waals surface area contributed by atoms with Gasteiger partial charge in [0.25, 0.3) is 5.91 Å². The first-order valence-electron chi connectivity index (χ1n) is 8.96. The summed E-state index contributed by atoms with van der Waals surface area (Å²) in [6.45, 7) is 2.02. The van der Waals surface area contributed by atoms with E-state index in [9.17, 15) is 13.2 Å². The lowest BCUT2D eigenvalue weighted by Gasteiger charge is -2.09. The zero-order valence-corrected chi connectivity index (χ0v) is 16.4. The smallest absolute Gasteiger partial charge is 0.287 e. The minimum Gasteiger partial charge on any atom is -0.449 e. The molecule has 1 N–H and O–H groups in total. The van der Waals surface area contributed by atoms with E-state index in [1.165, 1.54) is 0 Å². The Hall–Kier alpha value is -3.45. The number of pyridine rings is 1. The molecule has 4 rings (SSSR count). The molecule has 29 heavy (non-hydrogen) atoms. The highest BCUT2D eigenvalue weighted by Gasteiger charge is 2.19. The minimum absolute atomic E-state index is 0.201. The van der Waals surface area contributed by atoms with Crippen LogP contribution in [0.2, 0.25) is 0 Å². The van der Waals surface area contributed by atoms with E-state index in [0.29, 0.717) is 16.0 Å². The van der Waals surface area contributed by atoms with Crippen LogP contribution < -0.4 is 5.32 Å². The maximum Gasteiger partial charge on any atom is 0.287 e. The molecule has 0 spiro atoms. The third kappa shape index (κ3) is 3.77. The van der Waals surface area contributed by atoms with Gasteiger partial charge in [0.15, 0.2) is 11.3 Å². The molecule has 0 bridgehead atoms. The Balaban J connectivity index is 1.47. The number of nitrogens with zero attached hydrogens (tertiary/aromatic N) is 1. The van der Waals surface area contributed by atoms with Crippen LogP contribution in [0.1, 0.15) is 21.7 Å². The summed E-state index contributed by atoms with van der Waals surface area (Å²) >= 11 is 0. The van der Waals surface area contributed by atoms with Crippen LogP contribution in [-0.4, -0.2) is 19.3 Å². The number of hydrogen-bond acceptors (Lipinski definition) is 5. The molecule has 6 nitrogen and oxygen atoms in total. The highest BCUT2D eigenvalue weighted by Crippen LogP contribution is 2.24. The van der Waals surface area contributed by atoms with E-state index in [2.05, 4.69) is 10.3 Å². The highest BCUT2D eigenvalue weighted by molar-refractivity contribution is 7.91. The number of rotatable bonds is 5. The van der Waals surface area contributed by atoms with E-state index < -0.39 is 9.84 Å². The van der Waals surface area contributed by atoms with Crippen molar-refractivity contribution in [3.05, 3.63) is 89.9 Å². The number of aryl methyl sites for hydroxylation is 1. The number of hydrogen-bond donors (Lipinski definition) is 1. The number of amides is 1. The van der Waals surface area contributed by atoms with Crippen molar-refractivity contribution in [2.75, 3.05) is 0 Å². The van der Waals surface area contributed by atoms with Crippen LogP contribution in [0.25, 0.3) is 11.0 Å². The van der Waals surface area contributed by atoms with Crippen LogP contribution in [0.4, 0.5) is 0 Å². The normalized spacial score (nSPS) is 11.5. The second kappa shape index (κ2) is 7.52. The molecule has 0 radical (unpaired) electrons. The van der Waals surface area contributed by atoms with E-state index in [4.69, 9.17) is 4.42 Å². The molecule has 0 aliphatic rings. The van der Waals surface area contributed by atoms with E-state index >= 15 is 0 Å². The van der Waals surface area contributed by atoms with Gasteiger partial charge < -0.3 is 9.73 Å². The molecule has 7 heteroatoms. The standard InChI is InChI=1S/C22H18N2O4S/c1-15-4-2-3-5-21(15)29(26,27)18-8-6-16(7-9-18)13-24-22(25)19-12-17-10-11-23-14-20(17)28-19/h2-12,14H,13H2,1H3,(H,24,25). The van der Waals surface area contributed by atoms with Crippen molar-refractivity contribution in [2.24, 2.45) is 0 Å². The molecular formula is C22H18N2O4S. The van der Waals surface area contributed by atoms with Gasteiger partial charge in [0.05, 0.1) is 16.0 Å². The topological polar surface area (TPSA) is 89.3 Å². The van der Waals surface area contributed by atoms with Crippen LogP contribution in [0.15, 0.2) is 87.3 Å². The van der Waals surface area contributed by atoms with Crippen molar-refractivity contribution in [3.8, 4) is 0 Å². The van der Waals surface area contributed by atoms with Crippen LogP contribution in [0.5, 0.6) is 0 Å². The molecule has 0 fully saturated rings. The fourth-order valence-corrected chi connectivity index (χ4v) is 4.54. The molecule has 0 saturated carbocycles. The van der Waals surface area contributed by atoms with Gasteiger partial charge in [-0.2, -0.15) is 0 Å². The van der Waals surface area contributed by atoms with Crippen molar-refractivity contribution in [3.63, 3.8) is 0 Å². The number of fused-ring (bicyclic) bond motifs is 1. The summed E-state index contributed by atoms with van der Waals surface area (Å²) < 4.78 is 31.1. The first-order chi connectivity index (χ1) is 13.9. The Kier molecular flexibility index (Phi) is 4.90. The maximum atomic E-state index is 12.8. The van der Waals surface area contributed by atoms with Crippen molar-refractivity contribution < 1.29 is 17.6 Å². The van der Waals surface area contributed by atoms with Crippen LogP contribution in [-0.2, 0) is 16.4 Å². The zero-order chi connectivity index (χ0) is 20.4. The number of carbonyl (C=O) groups is 1. The molecule has 0 unspecified atom stereocenters. The summed E-state index contributed by atoms with van der Waals surface area (Å²) in [5.41, 5.74) is 2.02. The third-order valence-corrected chi connectivity index (χ3v) is 6.55. The quantitative estimate of drug-likeness (QED) is 0.543. The van der Waals surface area contributed by atoms with Gasteiger partial charge in [-0.15, -0.1) is 0 Å². The maximum absolute atomic E-state index is 12.8. The summed E-state index contributed by atoms with van der Waals surface area (Å²) in [5.74, 6) is -0.149. The van der Waals surface area contributed by atoms with Crippen molar-refractivity contribution in [1.29, 1.82) is 0 Å². The number of benzene rings is 2. The first kappa shape index (κ1) is 18.9. The van der Waals surface area contributed by atoms with Gasteiger partial charge >= 0.3 is 0 Å². The van der Waals surface area contributed by atoms with Gasteiger partial charge in [-0.1, -0.05) is 30.3 Å². The molecular weight excluding hydrogens is 388 g/mol. The molecule has 146 valence electrons. The highest BCUT2D eigenvalue weighted by atomic mass is 32.2.